The molecule has 0 atom stereocenters. The van der Waals surface area contributed by atoms with Crippen molar-refractivity contribution in [2.45, 2.75) is 51.5 Å². The number of nitriles is 1. The zero-order valence-corrected chi connectivity index (χ0v) is 17.8. The van der Waals surface area contributed by atoms with Crippen LogP contribution in [-0.2, 0) is 4.79 Å². The fraction of sp³-hybridized carbons (Fsp3) is 0.652. The van der Waals surface area contributed by atoms with Crippen molar-refractivity contribution < 1.29 is 9.53 Å². The van der Waals surface area contributed by atoms with Crippen LogP contribution in [0.3, 0.4) is 0 Å². The molecule has 1 aromatic carbocycles. The summed E-state index contributed by atoms with van der Waals surface area (Å²) in [6.07, 6.45) is 5.66. The molecule has 1 saturated carbocycles. The fourth-order valence-electron chi connectivity index (χ4n) is 4.57. The Balaban J connectivity index is 1.37. The summed E-state index contributed by atoms with van der Waals surface area (Å²) in [5.41, 5.74) is 2.48. The Hall–Kier alpha value is -2.26. The van der Waals surface area contributed by atoms with Crippen LogP contribution in [0, 0.1) is 24.2 Å². The van der Waals surface area contributed by atoms with E-state index in [-0.39, 0.29) is 18.4 Å². The SMILES string of the molecule is COc1ccc(C)cc1N1CCN(CCC2CCC(NC(=O)CC#N)CC2)CC1. The lowest BCUT2D eigenvalue weighted by Gasteiger charge is -2.37. The van der Waals surface area contributed by atoms with E-state index < -0.39 is 0 Å². The van der Waals surface area contributed by atoms with Crippen molar-refractivity contribution >= 4 is 11.6 Å². The van der Waals surface area contributed by atoms with Crippen LogP contribution in [0.1, 0.15) is 44.1 Å². The van der Waals surface area contributed by atoms with Gasteiger partial charge in [-0.15, -0.1) is 0 Å². The van der Waals surface area contributed by atoms with Crippen molar-refractivity contribution in [1.29, 1.82) is 5.26 Å². The maximum absolute atomic E-state index is 11.6. The molecule has 6 heteroatoms. The number of carbonyl (C=O) groups excluding carboxylic acids is 1. The van der Waals surface area contributed by atoms with Crippen molar-refractivity contribution in [3.8, 4) is 11.8 Å². The van der Waals surface area contributed by atoms with Gasteiger partial charge >= 0.3 is 0 Å². The van der Waals surface area contributed by atoms with Crippen LogP contribution in [0.25, 0.3) is 0 Å². The first-order chi connectivity index (χ1) is 14.1. The molecule has 2 fully saturated rings. The monoisotopic (exact) mass is 398 g/mol. The van der Waals surface area contributed by atoms with E-state index in [1.165, 1.54) is 30.5 Å². The highest BCUT2D eigenvalue weighted by molar-refractivity contribution is 5.78. The number of hydrogen-bond acceptors (Lipinski definition) is 5. The number of amides is 1. The first-order valence-electron chi connectivity index (χ1n) is 10.9. The molecule has 1 saturated heterocycles. The van der Waals surface area contributed by atoms with E-state index in [4.69, 9.17) is 10.00 Å². The highest BCUT2D eigenvalue weighted by Gasteiger charge is 2.24. The van der Waals surface area contributed by atoms with Gasteiger partial charge in [0.2, 0.25) is 5.91 Å². The van der Waals surface area contributed by atoms with Gasteiger partial charge in [0.05, 0.1) is 18.9 Å². The largest absolute Gasteiger partial charge is 0.495 e. The van der Waals surface area contributed by atoms with E-state index in [1.54, 1.807) is 7.11 Å². The molecular formula is C23H34N4O2. The van der Waals surface area contributed by atoms with Crippen LogP contribution in [0.4, 0.5) is 5.69 Å². The number of benzene rings is 1. The predicted octanol–water partition coefficient (Wildman–Crippen LogP) is 3.10. The van der Waals surface area contributed by atoms with Gasteiger partial charge in [-0.05, 0) is 69.2 Å². The van der Waals surface area contributed by atoms with Gasteiger partial charge < -0.3 is 15.0 Å². The van der Waals surface area contributed by atoms with Gasteiger partial charge in [-0.3, -0.25) is 9.69 Å². The number of aryl methyl sites for hydroxylation is 1. The van der Waals surface area contributed by atoms with Crippen LogP contribution in [-0.4, -0.2) is 56.7 Å². The molecule has 158 valence electrons. The minimum Gasteiger partial charge on any atom is -0.495 e. The number of anilines is 1. The second-order valence-corrected chi connectivity index (χ2v) is 8.41. The predicted molar refractivity (Wildman–Crippen MR) is 115 cm³/mol. The third-order valence-corrected chi connectivity index (χ3v) is 6.35. The number of ether oxygens (including phenoxy) is 1. The summed E-state index contributed by atoms with van der Waals surface area (Å²) in [5.74, 6) is 1.59. The second kappa shape index (κ2) is 10.5. The average Bonchev–Trinajstić information content (AvgIpc) is 2.74. The summed E-state index contributed by atoms with van der Waals surface area (Å²) in [5, 5.41) is 11.6. The molecule has 3 rings (SSSR count). The molecular weight excluding hydrogens is 364 g/mol. The van der Waals surface area contributed by atoms with Gasteiger partial charge in [0.1, 0.15) is 12.2 Å². The highest BCUT2D eigenvalue weighted by atomic mass is 16.5. The van der Waals surface area contributed by atoms with E-state index in [0.717, 1.165) is 57.2 Å². The molecule has 1 aliphatic carbocycles. The summed E-state index contributed by atoms with van der Waals surface area (Å²) < 4.78 is 5.56. The molecule has 0 bridgehead atoms. The quantitative estimate of drug-likeness (QED) is 0.764. The Morgan fingerprint density at radius 3 is 2.59 bits per heavy atom. The van der Waals surface area contributed by atoms with E-state index in [0.29, 0.717) is 0 Å². The van der Waals surface area contributed by atoms with Gasteiger partial charge in [-0.2, -0.15) is 5.26 Å². The lowest BCUT2D eigenvalue weighted by atomic mass is 9.84. The molecule has 2 aliphatic rings. The summed E-state index contributed by atoms with van der Waals surface area (Å²) in [7, 11) is 1.74. The molecule has 1 aromatic rings. The van der Waals surface area contributed by atoms with Gasteiger partial charge in [0, 0.05) is 32.2 Å². The standard InChI is InChI=1S/C23H34N4O2/c1-18-3-8-22(29-2)21(17-18)27-15-13-26(14-16-27)12-10-19-4-6-20(7-5-19)25-23(28)9-11-24/h3,8,17,19-20H,4-7,9-10,12-16H2,1-2H3,(H,25,28). The molecule has 0 radical (unpaired) electrons. The second-order valence-electron chi connectivity index (χ2n) is 8.41. The van der Waals surface area contributed by atoms with Crippen molar-refractivity contribution in [2.24, 2.45) is 5.92 Å². The lowest BCUT2D eigenvalue weighted by Crippen LogP contribution is -2.47. The molecule has 1 amide bonds. The first-order valence-corrected chi connectivity index (χ1v) is 10.9. The minimum absolute atomic E-state index is 0.0274. The van der Waals surface area contributed by atoms with Crippen molar-refractivity contribution in [3.05, 3.63) is 23.8 Å². The number of rotatable bonds is 7. The van der Waals surface area contributed by atoms with Crippen LogP contribution in [0.2, 0.25) is 0 Å². The van der Waals surface area contributed by atoms with Gasteiger partial charge in [0.15, 0.2) is 0 Å². The van der Waals surface area contributed by atoms with Crippen LogP contribution in [0.15, 0.2) is 18.2 Å². The Bertz CT molecular complexity index is 714. The minimum atomic E-state index is -0.126. The Morgan fingerprint density at radius 2 is 1.93 bits per heavy atom. The number of piperazine rings is 1. The van der Waals surface area contributed by atoms with Gasteiger partial charge in [-0.1, -0.05) is 6.07 Å². The molecule has 1 heterocycles. The van der Waals surface area contributed by atoms with Crippen LogP contribution < -0.4 is 15.0 Å². The Morgan fingerprint density at radius 1 is 1.21 bits per heavy atom. The van der Waals surface area contributed by atoms with E-state index in [1.807, 2.05) is 6.07 Å². The lowest BCUT2D eigenvalue weighted by molar-refractivity contribution is -0.121. The third kappa shape index (κ3) is 6.11. The molecule has 29 heavy (non-hydrogen) atoms. The van der Waals surface area contributed by atoms with E-state index in [9.17, 15) is 4.79 Å². The topological polar surface area (TPSA) is 68.6 Å². The number of nitrogens with zero attached hydrogens (tertiary/aromatic N) is 3. The molecule has 6 nitrogen and oxygen atoms in total. The Labute approximate surface area is 174 Å². The Kier molecular flexibility index (Phi) is 7.76. The zero-order valence-electron chi connectivity index (χ0n) is 17.8. The number of carbonyl (C=O) groups is 1. The summed E-state index contributed by atoms with van der Waals surface area (Å²) in [6.45, 7) is 7.56. The van der Waals surface area contributed by atoms with Gasteiger partial charge in [0.25, 0.3) is 0 Å². The summed E-state index contributed by atoms with van der Waals surface area (Å²) in [4.78, 5) is 16.6. The molecule has 0 unspecified atom stereocenters. The van der Waals surface area contributed by atoms with Crippen LogP contribution in [0.5, 0.6) is 5.75 Å². The maximum Gasteiger partial charge on any atom is 0.234 e. The van der Waals surface area contributed by atoms with Crippen molar-refractivity contribution in [3.63, 3.8) is 0 Å². The van der Waals surface area contributed by atoms with E-state index in [2.05, 4.69) is 40.2 Å². The number of hydrogen-bond donors (Lipinski definition) is 1. The summed E-state index contributed by atoms with van der Waals surface area (Å²) >= 11 is 0. The number of methoxy groups -OCH3 is 1. The molecule has 1 N–H and O–H groups in total. The number of nitrogens with one attached hydrogen (secondary N) is 1. The van der Waals surface area contributed by atoms with Gasteiger partial charge in [-0.25, -0.2) is 0 Å². The maximum atomic E-state index is 11.6. The molecule has 0 aromatic heterocycles. The smallest absolute Gasteiger partial charge is 0.234 e. The third-order valence-electron chi connectivity index (χ3n) is 6.35. The van der Waals surface area contributed by atoms with E-state index >= 15 is 0 Å². The first kappa shape index (κ1) is 21.4. The van der Waals surface area contributed by atoms with Crippen molar-refractivity contribution in [1.82, 2.24) is 10.2 Å². The van der Waals surface area contributed by atoms with Crippen LogP contribution >= 0.6 is 0 Å². The average molecular weight is 399 g/mol. The normalized spacial score (nSPS) is 22.7. The fourth-order valence-corrected chi connectivity index (χ4v) is 4.57. The highest BCUT2D eigenvalue weighted by Crippen LogP contribution is 2.31. The summed E-state index contributed by atoms with van der Waals surface area (Å²) in [6, 6.07) is 8.57. The molecule has 0 spiro atoms. The molecule has 1 aliphatic heterocycles. The van der Waals surface area contributed by atoms with Crippen molar-refractivity contribution in [2.75, 3.05) is 44.7 Å². The zero-order chi connectivity index (χ0) is 20.6.